The van der Waals surface area contributed by atoms with Gasteiger partial charge >= 0.3 is 0 Å². The van der Waals surface area contributed by atoms with Gasteiger partial charge in [-0.05, 0) is 31.5 Å². The molecule has 8 nitrogen and oxygen atoms in total. The average molecular weight is 340 g/mol. The molecular weight excluding hydrogens is 320 g/mol. The Bertz CT molecular complexity index is 819. The number of aromatic amines is 1. The maximum atomic E-state index is 12.8. The van der Waals surface area contributed by atoms with Crippen molar-refractivity contribution in [3.63, 3.8) is 0 Å². The second-order valence-corrected chi connectivity index (χ2v) is 6.62. The van der Waals surface area contributed by atoms with Crippen molar-refractivity contribution in [2.45, 2.75) is 25.3 Å². The highest BCUT2D eigenvalue weighted by Crippen LogP contribution is 2.33. The van der Waals surface area contributed by atoms with Gasteiger partial charge in [0, 0.05) is 31.6 Å². The lowest BCUT2D eigenvalue weighted by atomic mass is 10.1. The molecule has 1 saturated heterocycles. The summed E-state index contributed by atoms with van der Waals surface area (Å²) in [4.78, 5) is 32.8. The van der Waals surface area contributed by atoms with Crippen molar-refractivity contribution in [3.8, 4) is 0 Å². The van der Waals surface area contributed by atoms with E-state index in [0.29, 0.717) is 24.3 Å². The standard InChI is InChI=1S/C17H20N6O2/c1-10-16(24)20-13-7-11(3-4-14(13)22(10)2)17(25)23-6-5-12(8-23)15-18-9-19-21-15/h3-4,7,9-10,12H,5-6,8H2,1-2H3,(H,20,24)(H,18,19,21). The molecule has 3 heterocycles. The molecule has 1 fully saturated rings. The third-order valence-electron chi connectivity index (χ3n) is 5.14. The summed E-state index contributed by atoms with van der Waals surface area (Å²) >= 11 is 0. The molecule has 2 aliphatic rings. The van der Waals surface area contributed by atoms with Crippen molar-refractivity contribution >= 4 is 23.2 Å². The highest BCUT2D eigenvalue weighted by atomic mass is 16.2. The number of nitrogens with one attached hydrogen (secondary N) is 2. The molecule has 130 valence electrons. The average Bonchev–Trinajstić information content (AvgIpc) is 3.29. The van der Waals surface area contributed by atoms with E-state index in [0.717, 1.165) is 17.9 Å². The van der Waals surface area contributed by atoms with Crippen molar-refractivity contribution in [1.82, 2.24) is 20.1 Å². The van der Waals surface area contributed by atoms with E-state index >= 15 is 0 Å². The van der Waals surface area contributed by atoms with E-state index in [9.17, 15) is 9.59 Å². The van der Waals surface area contributed by atoms with Gasteiger partial charge in [-0.2, -0.15) is 5.10 Å². The van der Waals surface area contributed by atoms with Crippen LogP contribution < -0.4 is 10.2 Å². The number of amides is 2. The van der Waals surface area contributed by atoms with Crippen LogP contribution in [0.1, 0.15) is 35.4 Å². The van der Waals surface area contributed by atoms with Crippen molar-refractivity contribution in [2.75, 3.05) is 30.4 Å². The Kier molecular flexibility index (Phi) is 3.67. The molecule has 0 aliphatic carbocycles. The summed E-state index contributed by atoms with van der Waals surface area (Å²) in [7, 11) is 1.88. The second kappa shape index (κ2) is 5.87. The molecule has 8 heteroatoms. The summed E-state index contributed by atoms with van der Waals surface area (Å²) in [5.41, 5.74) is 2.19. The van der Waals surface area contributed by atoms with Gasteiger partial charge < -0.3 is 15.1 Å². The zero-order valence-electron chi connectivity index (χ0n) is 14.2. The van der Waals surface area contributed by atoms with Gasteiger partial charge in [-0.25, -0.2) is 4.98 Å². The molecule has 0 bridgehead atoms. The fourth-order valence-electron chi connectivity index (χ4n) is 3.46. The van der Waals surface area contributed by atoms with Crippen LogP contribution in [-0.4, -0.2) is 58.1 Å². The number of H-pyrrole nitrogens is 1. The summed E-state index contributed by atoms with van der Waals surface area (Å²) in [6, 6.07) is 5.25. The van der Waals surface area contributed by atoms with Gasteiger partial charge in [-0.15, -0.1) is 0 Å². The van der Waals surface area contributed by atoms with Crippen LogP contribution in [0.25, 0.3) is 0 Å². The van der Waals surface area contributed by atoms with Gasteiger partial charge in [0.05, 0.1) is 11.4 Å². The largest absolute Gasteiger partial charge is 0.361 e. The summed E-state index contributed by atoms with van der Waals surface area (Å²) in [6.45, 7) is 3.16. The van der Waals surface area contributed by atoms with Crippen LogP contribution in [0.15, 0.2) is 24.5 Å². The molecule has 4 rings (SSSR count). The fourth-order valence-corrected chi connectivity index (χ4v) is 3.46. The van der Waals surface area contributed by atoms with E-state index in [2.05, 4.69) is 20.5 Å². The SMILES string of the molecule is CC1C(=O)Nc2cc(C(=O)N3CCC(c4ncn[nH]4)C3)ccc2N1C. The smallest absolute Gasteiger partial charge is 0.253 e. The Hall–Kier alpha value is -2.90. The minimum Gasteiger partial charge on any atom is -0.361 e. The highest BCUT2D eigenvalue weighted by molar-refractivity contribution is 6.05. The number of likely N-dealkylation sites (tertiary alicyclic amines) is 1. The Morgan fingerprint density at radius 3 is 2.96 bits per heavy atom. The lowest BCUT2D eigenvalue weighted by molar-refractivity contribution is -0.117. The number of hydrogen-bond acceptors (Lipinski definition) is 5. The number of hydrogen-bond donors (Lipinski definition) is 2. The third kappa shape index (κ3) is 2.63. The Labute approximate surface area is 145 Å². The molecular formula is C17H20N6O2. The minimum atomic E-state index is -0.227. The molecule has 2 atom stereocenters. The van der Waals surface area contributed by atoms with Crippen molar-refractivity contribution in [3.05, 3.63) is 35.9 Å². The Morgan fingerprint density at radius 2 is 2.20 bits per heavy atom. The van der Waals surface area contributed by atoms with Crippen LogP contribution in [0.2, 0.25) is 0 Å². The molecule has 25 heavy (non-hydrogen) atoms. The maximum absolute atomic E-state index is 12.8. The number of nitrogens with zero attached hydrogens (tertiary/aromatic N) is 4. The van der Waals surface area contributed by atoms with Crippen molar-refractivity contribution in [1.29, 1.82) is 0 Å². The van der Waals surface area contributed by atoms with Crippen LogP contribution in [0, 0.1) is 0 Å². The minimum absolute atomic E-state index is 0.0275. The number of aromatic nitrogens is 3. The first kappa shape index (κ1) is 15.6. The van der Waals surface area contributed by atoms with Gasteiger partial charge in [-0.1, -0.05) is 0 Å². The van der Waals surface area contributed by atoms with Crippen LogP contribution in [0.4, 0.5) is 11.4 Å². The zero-order chi connectivity index (χ0) is 17.6. The van der Waals surface area contributed by atoms with Crippen LogP contribution >= 0.6 is 0 Å². The predicted molar refractivity (Wildman–Crippen MR) is 92.6 cm³/mol. The molecule has 2 N–H and O–H groups in total. The third-order valence-corrected chi connectivity index (χ3v) is 5.14. The monoisotopic (exact) mass is 340 g/mol. The molecule has 1 aromatic carbocycles. The van der Waals surface area contributed by atoms with Gasteiger partial charge in [0.25, 0.3) is 5.91 Å². The van der Waals surface area contributed by atoms with E-state index in [4.69, 9.17) is 0 Å². The number of benzene rings is 1. The first-order valence-corrected chi connectivity index (χ1v) is 8.37. The molecule has 0 saturated carbocycles. The summed E-state index contributed by atoms with van der Waals surface area (Å²) in [5, 5.41) is 9.64. The molecule has 0 radical (unpaired) electrons. The first-order chi connectivity index (χ1) is 12.0. The van der Waals surface area contributed by atoms with Gasteiger partial charge in [0.15, 0.2) is 0 Å². The lowest BCUT2D eigenvalue weighted by Crippen LogP contribution is -2.44. The van der Waals surface area contributed by atoms with Crippen molar-refractivity contribution < 1.29 is 9.59 Å². The molecule has 2 aliphatic heterocycles. The van der Waals surface area contributed by atoms with E-state index in [1.54, 1.807) is 6.07 Å². The van der Waals surface area contributed by atoms with Crippen LogP contribution in [0.5, 0.6) is 0 Å². The molecule has 2 unspecified atom stereocenters. The van der Waals surface area contributed by atoms with E-state index in [-0.39, 0.29) is 23.8 Å². The molecule has 0 spiro atoms. The summed E-state index contributed by atoms with van der Waals surface area (Å²) in [6.07, 6.45) is 2.35. The second-order valence-electron chi connectivity index (χ2n) is 6.62. The number of carbonyl (C=O) groups is 2. The normalized spacial score (nSPS) is 22.7. The predicted octanol–water partition coefficient (Wildman–Crippen LogP) is 1.21. The number of anilines is 2. The highest BCUT2D eigenvalue weighted by Gasteiger charge is 2.31. The summed E-state index contributed by atoms with van der Waals surface area (Å²) < 4.78 is 0. The lowest BCUT2D eigenvalue weighted by Gasteiger charge is -2.33. The molecule has 1 aromatic heterocycles. The molecule has 2 aromatic rings. The number of rotatable bonds is 2. The maximum Gasteiger partial charge on any atom is 0.253 e. The van der Waals surface area contributed by atoms with Gasteiger partial charge in [-0.3, -0.25) is 14.7 Å². The number of fused-ring (bicyclic) bond motifs is 1. The van der Waals surface area contributed by atoms with E-state index < -0.39 is 0 Å². The zero-order valence-corrected chi connectivity index (χ0v) is 14.2. The topological polar surface area (TPSA) is 94.2 Å². The first-order valence-electron chi connectivity index (χ1n) is 8.37. The molecule has 2 amide bonds. The fraction of sp³-hybridized carbons (Fsp3) is 0.412. The summed E-state index contributed by atoms with van der Waals surface area (Å²) in [5.74, 6) is 0.922. The van der Waals surface area contributed by atoms with E-state index in [1.807, 2.05) is 35.9 Å². The Morgan fingerprint density at radius 1 is 1.36 bits per heavy atom. The van der Waals surface area contributed by atoms with Gasteiger partial charge in [0.2, 0.25) is 5.91 Å². The van der Waals surface area contributed by atoms with Crippen LogP contribution in [-0.2, 0) is 4.79 Å². The number of likely N-dealkylation sites (N-methyl/N-ethyl adjacent to an activating group) is 1. The van der Waals surface area contributed by atoms with Gasteiger partial charge in [0.1, 0.15) is 18.2 Å². The van der Waals surface area contributed by atoms with E-state index in [1.165, 1.54) is 6.33 Å². The van der Waals surface area contributed by atoms with Crippen LogP contribution in [0.3, 0.4) is 0 Å². The number of carbonyl (C=O) groups excluding carboxylic acids is 2. The van der Waals surface area contributed by atoms with Crippen molar-refractivity contribution in [2.24, 2.45) is 0 Å². The Balaban J connectivity index is 1.54. The quantitative estimate of drug-likeness (QED) is 0.857.